The number of aliphatic hydroxyl groups is 1. The zero-order valence-electron chi connectivity index (χ0n) is 19.3. The number of benzene rings is 1. The van der Waals surface area contributed by atoms with Crippen LogP contribution in [-0.4, -0.2) is 70.8 Å². The molecule has 32 heavy (non-hydrogen) atoms. The molecule has 2 aliphatic heterocycles. The van der Waals surface area contributed by atoms with Gasteiger partial charge in [0, 0.05) is 25.6 Å². The summed E-state index contributed by atoms with van der Waals surface area (Å²) in [5, 5.41) is 18.1. The number of hydrogen-bond donors (Lipinski definition) is 3. The number of piperidine rings is 1. The zero-order valence-corrected chi connectivity index (χ0v) is 19.3. The highest BCUT2D eigenvalue weighted by molar-refractivity contribution is 5.78. The van der Waals surface area contributed by atoms with Crippen molar-refractivity contribution in [2.75, 3.05) is 26.3 Å². The molecule has 3 N–H and O–H groups in total. The van der Waals surface area contributed by atoms with Crippen molar-refractivity contribution in [2.45, 2.75) is 82.0 Å². The first-order valence-corrected chi connectivity index (χ1v) is 12.2. The highest BCUT2D eigenvalue weighted by atomic mass is 16.3. The molecule has 0 radical (unpaired) electrons. The van der Waals surface area contributed by atoms with E-state index in [4.69, 9.17) is 0 Å². The van der Waals surface area contributed by atoms with Gasteiger partial charge in [0.2, 0.25) is 11.8 Å². The molecule has 3 fully saturated rings. The topological polar surface area (TPSA) is 84.9 Å². The summed E-state index contributed by atoms with van der Waals surface area (Å²) < 4.78 is 0. The molecule has 1 aromatic carbocycles. The van der Waals surface area contributed by atoms with Crippen molar-refractivity contribution in [1.82, 2.24) is 20.4 Å². The summed E-state index contributed by atoms with van der Waals surface area (Å²) in [6.07, 6.45) is 6.86. The summed E-state index contributed by atoms with van der Waals surface area (Å²) in [6.45, 7) is 3.95. The number of hydrogen-bond acceptors (Lipinski definition) is 5. The minimum atomic E-state index is -0.926. The third-order valence-electron chi connectivity index (χ3n) is 7.43. The molecule has 176 valence electrons. The lowest BCUT2D eigenvalue weighted by Gasteiger charge is -2.43. The van der Waals surface area contributed by atoms with Crippen LogP contribution in [0.15, 0.2) is 30.3 Å². The molecule has 0 bridgehead atoms. The average molecular weight is 443 g/mol. The van der Waals surface area contributed by atoms with Gasteiger partial charge in [-0.15, -0.1) is 0 Å². The van der Waals surface area contributed by atoms with Crippen LogP contribution >= 0.6 is 0 Å². The van der Waals surface area contributed by atoms with E-state index in [-0.39, 0.29) is 23.9 Å². The van der Waals surface area contributed by atoms with Crippen LogP contribution in [0.4, 0.5) is 0 Å². The molecule has 2 saturated heterocycles. The first-order chi connectivity index (χ1) is 15.4. The second-order valence-corrected chi connectivity index (χ2v) is 9.98. The van der Waals surface area contributed by atoms with E-state index in [1.54, 1.807) is 4.90 Å². The standard InChI is InChI=1S/C25H38N4O3/c1-19(20-7-3-2-4-8-20)15-23(30)28-13-11-25(32,12-14-28)17-29-18-26-22(16-24(29)31)27-21-9-5-6-10-21/h2-4,7-8,19,21-22,26-27,32H,5-6,9-18H2,1H3/t19-,22?/m1/s1. The molecule has 1 aliphatic carbocycles. The zero-order chi connectivity index (χ0) is 22.6. The van der Waals surface area contributed by atoms with Gasteiger partial charge in [-0.3, -0.25) is 20.2 Å². The molecule has 0 aromatic heterocycles. The summed E-state index contributed by atoms with van der Waals surface area (Å²) in [7, 11) is 0. The van der Waals surface area contributed by atoms with Gasteiger partial charge in [-0.05, 0) is 37.2 Å². The van der Waals surface area contributed by atoms with Crippen molar-refractivity contribution in [3.05, 3.63) is 35.9 Å². The molecule has 1 unspecified atom stereocenters. The van der Waals surface area contributed by atoms with Crippen LogP contribution in [0.25, 0.3) is 0 Å². The Bertz CT molecular complexity index is 773. The van der Waals surface area contributed by atoms with E-state index in [0.717, 1.165) is 0 Å². The van der Waals surface area contributed by atoms with Gasteiger partial charge >= 0.3 is 0 Å². The predicted molar refractivity (Wildman–Crippen MR) is 124 cm³/mol. The number of β-amino-alcohol motifs (C(OH)–C–C–N with tert-alkyl or cyclic N) is 1. The summed E-state index contributed by atoms with van der Waals surface area (Å²) in [4.78, 5) is 29.1. The average Bonchev–Trinajstić information content (AvgIpc) is 3.30. The Labute approximate surface area is 191 Å². The van der Waals surface area contributed by atoms with Crippen molar-refractivity contribution in [3.8, 4) is 0 Å². The maximum Gasteiger partial charge on any atom is 0.226 e. The fraction of sp³-hybridized carbons (Fsp3) is 0.680. The Kier molecular flexibility index (Phi) is 7.48. The van der Waals surface area contributed by atoms with E-state index in [1.807, 2.05) is 23.1 Å². The Balaban J connectivity index is 1.21. The van der Waals surface area contributed by atoms with Crippen molar-refractivity contribution in [2.24, 2.45) is 0 Å². The quantitative estimate of drug-likeness (QED) is 0.603. The Hall–Kier alpha value is -1.96. The van der Waals surface area contributed by atoms with Gasteiger partial charge < -0.3 is 14.9 Å². The van der Waals surface area contributed by atoms with Crippen LogP contribution < -0.4 is 10.6 Å². The summed E-state index contributed by atoms with van der Waals surface area (Å²) in [6, 6.07) is 10.6. The molecule has 2 heterocycles. The maximum atomic E-state index is 12.8. The minimum Gasteiger partial charge on any atom is -0.388 e. The predicted octanol–water partition coefficient (Wildman–Crippen LogP) is 2.17. The van der Waals surface area contributed by atoms with Crippen molar-refractivity contribution < 1.29 is 14.7 Å². The third kappa shape index (κ3) is 5.88. The first kappa shape index (κ1) is 23.2. The maximum absolute atomic E-state index is 12.8. The molecular weight excluding hydrogens is 404 g/mol. The van der Waals surface area contributed by atoms with E-state index in [0.29, 0.717) is 58.0 Å². The Morgan fingerprint density at radius 1 is 1.22 bits per heavy atom. The molecule has 1 saturated carbocycles. The third-order valence-corrected chi connectivity index (χ3v) is 7.43. The Morgan fingerprint density at radius 3 is 2.56 bits per heavy atom. The van der Waals surface area contributed by atoms with Crippen molar-refractivity contribution in [1.29, 1.82) is 0 Å². The molecule has 1 aromatic rings. The number of carbonyl (C=O) groups is 2. The van der Waals surface area contributed by atoms with Gasteiger partial charge in [-0.2, -0.15) is 0 Å². The summed E-state index contributed by atoms with van der Waals surface area (Å²) in [5.41, 5.74) is 0.247. The highest BCUT2D eigenvalue weighted by Crippen LogP contribution is 2.27. The largest absolute Gasteiger partial charge is 0.388 e. The molecule has 7 nitrogen and oxygen atoms in total. The van der Waals surface area contributed by atoms with E-state index in [2.05, 4.69) is 29.7 Å². The van der Waals surface area contributed by atoms with Crippen LogP contribution in [0.3, 0.4) is 0 Å². The monoisotopic (exact) mass is 442 g/mol. The first-order valence-electron chi connectivity index (χ1n) is 12.2. The molecule has 4 rings (SSSR count). The summed E-state index contributed by atoms with van der Waals surface area (Å²) in [5.74, 6) is 0.398. The number of nitrogens with one attached hydrogen (secondary N) is 2. The lowest BCUT2D eigenvalue weighted by molar-refractivity contribution is -0.145. The SMILES string of the molecule is C[C@H](CC(=O)N1CCC(O)(CN2CNC(NC3CCCC3)CC2=O)CC1)c1ccccc1. The van der Waals surface area contributed by atoms with Gasteiger partial charge in [-0.25, -0.2) is 0 Å². The number of likely N-dealkylation sites (tertiary alicyclic amines) is 1. The smallest absolute Gasteiger partial charge is 0.226 e. The van der Waals surface area contributed by atoms with E-state index in [9.17, 15) is 14.7 Å². The van der Waals surface area contributed by atoms with Crippen LogP contribution in [0, 0.1) is 0 Å². The molecule has 0 spiro atoms. The molecule has 2 atom stereocenters. The van der Waals surface area contributed by atoms with Gasteiger partial charge in [0.1, 0.15) is 0 Å². The number of nitrogens with zero attached hydrogens (tertiary/aromatic N) is 2. The van der Waals surface area contributed by atoms with Crippen LogP contribution in [0.2, 0.25) is 0 Å². The second-order valence-electron chi connectivity index (χ2n) is 9.98. The van der Waals surface area contributed by atoms with Gasteiger partial charge in [-0.1, -0.05) is 50.1 Å². The van der Waals surface area contributed by atoms with Gasteiger partial charge in [0.15, 0.2) is 0 Å². The minimum absolute atomic E-state index is 0.0302. The Morgan fingerprint density at radius 2 is 1.91 bits per heavy atom. The van der Waals surface area contributed by atoms with Crippen LogP contribution in [0.1, 0.15) is 69.8 Å². The highest BCUT2D eigenvalue weighted by Gasteiger charge is 2.38. The number of rotatable bonds is 7. The lowest BCUT2D eigenvalue weighted by Crippen LogP contribution is -2.61. The summed E-state index contributed by atoms with van der Waals surface area (Å²) >= 11 is 0. The molecule has 2 amide bonds. The van der Waals surface area contributed by atoms with Gasteiger partial charge in [0.05, 0.1) is 31.4 Å². The van der Waals surface area contributed by atoms with Gasteiger partial charge in [0.25, 0.3) is 0 Å². The number of amides is 2. The van der Waals surface area contributed by atoms with Crippen LogP contribution in [0.5, 0.6) is 0 Å². The van der Waals surface area contributed by atoms with Crippen molar-refractivity contribution >= 4 is 11.8 Å². The fourth-order valence-corrected chi connectivity index (χ4v) is 5.30. The second kappa shape index (κ2) is 10.3. The normalized spacial score (nSPS) is 25.2. The fourth-order valence-electron chi connectivity index (χ4n) is 5.30. The molecule has 3 aliphatic rings. The van der Waals surface area contributed by atoms with E-state index in [1.165, 1.54) is 31.2 Å². The van der Waals surface area contributed by atoms with E-state index < -0.39 is 5.60 Å². The lowest BCUT2D eigenvalue weighted by atomic mass is 9.89. The van der Waals surface area contributed by atoms with E-state index >= 15 is 0 Å². The molecular formula is C25H38N4O3. The van der Waals surface area contributed by atoms with Crippen molar-refractivity contribution in [3.63, 3.8) is 0 Å². The van der Waals surface area contributed by atoms with Crippen LogP contribution in [-0.2, 0) is 9.59 Å². The molecule has 7 heteroatoms. The number of carbonyl (C=O) groups excluding carboxylic acids is 2.